The highest BCUT2D eigenvalue weighted by Gasteiger charge is 2.13. The van der Waals surface area contributed by atoms with Crippen LogP contribution in [0, 0.1) is 13.8 Å². The first-order valence-corrected chi connectivity index (χ1v) is 8.87. The number of rotatable bonds is 3. The van der Waals surface area contributed by atoms with Gasteiger partial charge in [0.05, 0.1) is 10.7 Å². The number of benzene rings is 1. The molecule has 0 atom stereocenters. The predicted octanol–water partition coefficient (Wildman–Crippen LogP) is 4.92. The quantitative estimate of drug-likeness (QED) is 0.552. The van der Waals surface area contributed by atoms with Gasteiger partial charge in [-0.1, -0.05) is 29.8 Å². The van der Waals surface area contributed by atoms with Gasteiger partial charge in [-0.25, -0.2) is 9.97 Å². The van der Waals surface area contributed by atoms with E-state index in [0.29, 0.717) is 10.7 Å². The van der Waals surface area contributed by atoms with E-state index in [-0.39, 0.29) is 11.6 Å². The molecule has 0 radical (unpaired) electrons. The fraction of sp³-hybridized carbons (Fsp3) is 0.0952. The second kappa shape index (κ2) is 6.85. The van der Waals surface area contributed by atoms with Crippen molar-refractivity contribution in [1.29, 1.82) is 0 Å². The van der Waals surface area contributed by atoms with E-state index in [2.05, 4.69) is 15.3 Å². The van der Waals surface area contributed by atoms with Crippen molar-refractivity contribution in [1.82, 2.24) is 14.4 Å². The number of carbonyl (C=O) groups excluding carboxylic acids is 1. The van der Waals surface area contributed by atoms with Gasteiger partial charge in [0.2, 0.25) is 0 Å². The summed E-state index contributed by atoms with van der Waals surface area (Å²) in [6, 6.07) is 13.3. The van der Waals surface area contributed by atoms with Crippen LogP contribution in [0.1, 0.15) is 21.6 Å². The van der Waals surface area contributed by atoms with E-state index in [9.17, 15) is 4.79 Å². The molecule has 27 heavy (non-hydrogen) atoms. The lowest BCUT2D eigenvalue weighted by Gasteiger charge is -2.07. The van der Waals surface area contributed by atoms with Gasteiger partial charge in [0, 0.05) is 29.8 Å². The number of pyridine rings is 2. The Kier molecular flexibility index (Phi) is 4.38. The van der Waals surface area contributed by atoms with Gasteiger partial charge in [-0.15, -0.1) is 0 Å². The Morgan fingerprint density at radius 1 is 1.15 bits per heavy atom. The minimum Gasteiger partial charge on any atom is -0.321 e. The van der Waals surface area contributed by atoms with Gasteiger partial charge in [-0.2, -0.15) is 0 Å². The van der Waals surface area contributed by atoms with Crippen LogP contribution < -0.4 is 5.32 Å². The number of carbonyl (C=O) groups is 1. The lowest BCUT2D eigenvalue weighted by molar-refractivity contribution is 0.102. The summed E-state index contributed by atoms with van der Waals surface area (Å²) in [6.07, 6.45) is 5.59. The molecule has 0 aliphatic heterocycles. The molecule has 0 aliphatic carbocycles. The molecule has 0 saturated heterocycles. The van der Waals surface area contributed by atoms with Crippen molar-refractivity contribution in [3.63, 3.8) is 0 Å². The van der Waals surface area contributed by atoms with Crippen LogP contribution in [-0.4, -0.2) is 20.3 Å². The Balaban J connectivity index is 1.56. The van der Waals surface area contributed by atoms with Crippen LogP contribution >= 0.6 is 11.6 Å². The van der Waals surface area contributed by atoms with Gasteiger partial charge in [0.1, 0.15) is 11.3 Å². The van der Waals surface area contributed by atoms with E-state index in [1.807, 2.05) is 67.0 Å². The summed E-state index contributed by atoms with van der Waals surface area (Å²) in [5, 5.41) is 3.16. The molecule has 0 spiro atoms. The number of nitrogens with zero attached hydrogens (tertiary/aromatic N) is 3. The summed E-state index contributed by atoms with van der Waals surface area (Å²) in [4.78, 5) is 21.2. The molecule has 134 valence electrons. The minimum atomic E-state index is -0.337. The van der Waals surface area contributed by atoms with E-state index >= 15 is 0 Å². The number of anilines is 1. The van der Waals surface area contributed by atoms with Gasteiger partial charge < -0.3 is 9.72 Å². The molecule has 4 aromatic rings. The highest BCUT2D eigenvalue weighted by atomic mass is 35.5. The van der Waals surface area contributed by atoms with Gasteiger partial charge >= 0.3 is 0 Å². The largest absolute Gasteiger partial charge is 0.321 e. The number of imidazole rings is 1. The molecule has 0 unspecified atom stereocenters. The number of hydrogen-bond donors (Lipinski definition) is 1. The summed E-state index contributed by atoms with van der Waals surface area (Å²) in [5.74, 6) is -0.337. The number of fused-ring (bicyclic) bond motifs is 1. The van der Waals surface area contributed by atoms with Crippen molar-refractivity contribution < 1.29 is 4.79 Å². The van der Waals surface area contributed by atoms with Crippen LogP contribution in [0.3, 0.4) is 0 Å². The first kappa shape index (κ1) is 17.2. The van der Waals surface area contributed by atoms with Crippen molar-refractivity contribution in [2.24, 2.45) is 0 Å². The summed E-state index contributed by atoms with van der Waals surface area (Å²) < 4.78 is 2.01. The molecular formula is C21H17ClN4O. The molecule has 1 amide bonds. The topological polar surface area (TPSA) is 59.3 Å². The number of aryl methyl sites for hydroxylation is 2. The molecule has 0 bridgehead atoms. The molecule has 3 aromatic heterocycles. The predicted molar refractivity (Wildman–Crippen MR) is 107 cm³/mol. The number of nitrogens with one attached hydrogen (secondary N) is 1. The first-order chi connectivity index (χ1) is 13.0. The number of aromatic nitrogens is 3. The smallest absolute Gasteiger partial charge is 0.275 e. The van der Waals surface area contributed by atoms with Crippen molar-refractivity contribution in [2.75, 3.05) is 5.32 Å². The van der Waals surface area contributed by atoms with Crippen LogP contribution in [0.25, 0.3) is 16.9 Å². The maximum absolute atomic E-state index is 12.4. The van der Waals surface area contributed by atoms with Gasteiger partial charge in [-0.3, -0.25) is 4.79 Å². The average molecular weight is 377 g/mol. The zero-order valence-electron chi connectivity index (χ0n) is 14.9. The molecule has 5 nitrogen and oxygen atoms in total. The molecule has 0 saturated carbocycles. The lowest BCUT2D eigenvalue weighted by Crippen LogP contribution is -2.14. The third-order valence-electron chi connectivity index (χ3n) is 4.31. The van der Waals surface area contributed by atoms with Crippen LogP contribution in [0.4, 0.5) is 5.69 Å². The molecule has 4 rings (SSSR count). The number of hydrogen-bond acceptors (Lipinski definition) is 3. The van der Waals surface area contributed by atoms with Gasteiger partial charge in [-0.05, 0) is 49.2 Å². The summed E-state index contributed by atoms with van der Waals surface area (Å²) in [6.45, 7) is 3.91. The zero-order valence-corrected chi connectivity index (χ0v) is 15.7. The average Bonchev–Trinajstić information content (AvgIpc) is 3.08. The zero-order chi connectivity index (χ0) is 19.0. The SMILES string of the molecule is Cc1cnc(C(=O)Nc2ccc(-c3cn4cccc(C)c4n3)cc2)c(Cl)c1. The van der Waals surface area contributed by atoms with Gasteiger partial charge in [0.15, 0.2) is 0 Å². The standard InChI is InChI=1S/C21H17ClN4O/c1-13-10-17(22)19(23-11-13)21(27)24-16-7-5-15(6-8-16)18-12-26-9-3-4-14(2)20(26)25-18/h3-12H,1-2H3,(H,24,27). The van der Waals surface area contributed by atoms with E-state index in [4.69, 9.17) is 11.6 Å². The molecule has 1 N–H and O–H groups in total. The van der Waals surface area contributed by atoms with E-state index in [0.717, 1.165) is 28.0 Å². The van der Waals surface area contributed by atoms with Crippen molar-refractivity contribution in [3.05, 3.63) is 82.9 Å². The summed E-state index contributed by atoms with van der Waals surface area (Å²) in [7, 11) is 0. The molecule has 0 fully saturated rings. The maximum atomic E-state index is 12.4. The van der Waals surface area contributed by atoms with Crippen LogP contribution in [0.2, 0.25) is 5.02 Å². The van der Waals surface area contributed by atoms with Crippen LogP contribution in [0.5, 0.6) is 0 Å². The Labute approximate surface area is 161 Å². The van der Waals surface area contributed by atoms with Crippen molar-refractivity contribution in [2.45, 2.75) is 13.8 Å². The Hall–Kier alpha value is -3.18. The normalized spacial score (nSPS) is 10.9. The number of halogens is 1. The Morgan fingerprint density at radius 2 is 1.93 bits per heavy atom. The molecule has 1 aromatic carbocycles. The van der Waals surface area contributed by atoms with Crippen molar-refractivity contribution >= 4 is 28.8 Å². The van der Waals surface area contributed by atoms with E-state index in [1.54, 1.807) is 12.3 Å². The fourth-order valence-corrected chi connectivity index (χ4v) is 3.21. The molecule has 0 aliphatic rings. The third kappa shape index (κ3) is 3.41. The molecule has 6 heteroatoms. The second-order valence-electron chi connectivity index (χ2n) is 6.42. The maximum Gasteiger partial charge on any atom is 0.275 e. The highest BCUT2D eigenvalue weighted by molar-refractivity contribution is 6.34. The summed E-state index contributed by atoms with van der Waals surface area (Å²) >= 11 is 6.11. The van der Waals surface area contributed by atoms with E-state index in [1.165, 1.54) is 0 Å². The monoisotopic (exact) mass is 376 g/mol. The van der Waals surface area contributed by atoms with Crippen molar-refractivity contribution in [3.8, 4) is 11.3 Å². The Bertz CT molecular complexity index is 1150. The summed E-state index contributed by atoms with van der Waals surface area (Å²) in [5.41, 5.74) is 5.70. The number of amides is 1. The molecule has 3 heterocycles. The van der Waals surface area contributed by atoms with Crippen LogP contribution in [0.15, 0.2) is 61.1 Å². The first-order valence-electron chi connectivity index (χ1n) is 8.49. The fourth-order valence-electron chi connectivity index (χ4n) is 2.91. The molecular weight excluding hydrogens is 360 g/mol. The van der Waals surface area contributed by atoms with Crippen LogP contribution in [-0.2, 0) is 0 Å². The lowest BCUT2D eigenvalue weighted by atomic mass is 10.1. The minimum absolute atomic E-state index is 0.210. The highest BCUT2D eigenvalue weighted by Crippen LogP contribution is 2.23. The Morgan fingerprint density at radius 3 is 2.63 bits per heavy atom. The second-order valence-corrected chi connectivity index (χ2v) is 6.83. The van der Waals surface area contributed by atoms with Gasteiger partial charge in [0.25, 0.3) is 5.91 Å². The third-order valence-corrected chi connectivity index (χ3v) is 4.60. The van der Waals surface area contributed by atoms with E-state index < -0.39 is 0 Å².